The summed E-state index contributed by atoms with van der Waals surface area (Å²) in [5.41, 5.74) is 4.30. The fraction of sp³-hybridized carbons (Fsp3) is 0.429. The number of nitrogens with one attached hydrogen (secondary N) is 1. The lowest BCUT2D eigenvalue weighted by Gasteiger charge is -2.41. The summed E-state index contributed by atoms with van der Waals surface area (Å²) in [6.07, 6.45) is 4.79. The molecule has 168 valence electrons. The third kappa shape index (κ3) is 4.64. The van der Waals surface area contributed by atoms with Crippen molar-refractivity contribution in [1.29, 1.82) is 0 Å². The molecule has 1 N–H and O–H groups in total. The second-order valence-electron chi connectivity index (χ2n) is 9.62. The van der Waals surface area contributed by atoms with E-state index in [0.717, 1.165) is 12.0 Å². The fourth-order valence-corrected chi connectivity index (χ4v) is 5.03. The highest BCUT2D eigenvalue weighted by Gasteiger charge is 2.46. The van der Waals surface area contributed by atoms with Crippen LogP contribution in [0.5, 0.6) is 0 Å². The summed E-state index contributed by atoms with van der Waals surface area (Å²) in [5.74, 6) is 1.06. The van der Waals surface area contributed by atoms with E-state index in [1.165, 1.54) is 16.7 Å². The zero-order valence-corrected chi connectivity index (χ0v) is 19.3. The normalized spacial score (nSPS) is 21.6. The molecule has 2 aromatic rings. The Morgan fingerprint density at radius 1 is 1.16 bits per heavy atom. The number of hydrogen-bond acceptors (Lipinski definition) is 2. The van der Waals surface area contributed by atoms with E-state index in [9.17, 15) is 9.59 Å². The predicted molar refractivity (Wildman–Crippen MR) is 129 cm³/mol. The van der Waals surface area contributed by atoms with Crippen molar-refractivity contribution in [2.75, 3.05) is 19.6 Å². The molecule has 32 heavy (non-hydrogen) atoms. The number of amides is 2. The highest BCUT2D eigenvalue weighted by atomic mass is 16.2. The monoisotopic (exact) mass is 430 g/mol. The molecule has 4 rings (SSSR count). The average molecular weight is 431 g/mol. The third-order valence-corrected chi connectivity index (χ3v) is 7.27. The Balaban J connectivity index is 1.55. The van der Waals surface area contributed by atoms with Crippen LogP contribution in [-0.2, 0) is 16.0 Å². The molecule has 1 aliphatic heterocycles. The topological polar surface area (TPSA) is 49.4 Å². The average Bonchev–Trinajstić information content (AvgIpc) is 3.54. The van der Waals surface area contributed by atoms with E-state index in [0.29, 0.717) is 44.8 Å². The van der Waals surface area contributed by atoms with E-state index >= 15 is 0 Å². The van der Waals surface area contributed by atoms with Crippen LogP contribution < -0.4 is 5.32 Å². The van der Waals surface area contributed by atoms with E-state index in [2.05, 4.69) is 74.3 Å². The van der Waals surface area contributed by atoms with Crippen LogP contribution in [0.2, 0.25) is 0 Å². The lowest BCUT2D eigenvalue weighted by Crippen LogP contribution is -2.51. The van der Waals surface area contributed by atoms with Gasteiger partial charge in [-0.1, -0.05) is 61.5 Å². The number of carbonyl (C=O) groups is 2. The number of aryl methyl sites for hydroxylation is 1. The summed E-state index contributed by atoms with van der Waals surface area (Å²) in [7, 11) is 0. The van der Waals surface area contributed by atoms with Gasteiger partial charge in [0.05, 0.1) is 5.41 Å². The van der Waals surface area contributed by atoms with Crippen LogP contribution in [0.1, 0.15) is 37.3 Å². The lowest BCUT2D eigenvalue weighted by molar-refractivity contribution is -0.141. The van der Waals surface area contributed by atoms with E-state index in [1.807, 2.05) is 4.90 Å². The van der Waals surface area contributed by atoms with Gasteiger partial charge < -0.3 is 10.2 Å². The summed E-state index contributed by atoms with van der Waals surface area (Å²) < 4.78 is 0. The van der Waals surface area contributed by atoms with Crippen LogP contribution in [0.15, 0.2) is 61.2 Å². The number of likely N-dealkylation sites (tertiary alicyclic amines) is 1. The molecule has 0 spiro atoms. The first-order valence-electron chi connectivity index (χ1n) is 11.8. The molecule has 2 atom stereocenters. The van der Waals surface area contributed by atoms with Crippen LogP contribution in [0.25, 0.3) is 11.1 Å². The van der Waals surface area contributed by atoms with Gasteiger partial charge in [-0.05, 0) is 60.8 Å². The Hall–Kier alpha value is -2.88. The van der Waals surface area contributed by atoms with Crippen LogP contribution in [-0.4, -0.2) is 36.3 Å². The molecule has 1 saturated heterocycles. The Kier molecular flexibility index (Phi) is 6.50. The molecule has 2 aromatic carbocycles. The van der Waals surface area contributed by atoms with Gasteiger partial charge in [0.15, 0.2) is 0 Å². The van der Waals surface area contributed by atoms with Crippen LogP contribution in [0.4, 0.5) is 0 Å². The highest BCUT2D eigenvalue weighted by Crippen LogP contribution is 2.42. The maximum absolute atomic E-state index is 13.3. The third-order valence-electron chi connectivity index (χ3n) is 7.27. The summed E-state index contributed by atoms with van der Waals surface area (Å²) in [5, 5.41) is 3.04. The number of piperidine rings is 1. The Bertz CT molecular complexity index is 1000. The molecule has 0 bridgehead atoms. The van der Waals surface area contributed by atoms with Gasteiger partial charge in [0.1, 0.15) is 0 Å². The number of carbonyl (C=O) groups excluding carboxylic acids is 2. The zero-order chi connectivity index (χ0) is 22.7. The van der Waals surface area contributed by atoms with Gasteiger partial charge in [-0.25, -0.2) is 0 Å². The van der Waals surface area contributed by atoms with E-state index < -0.39 is 5.41 Å². The van der Waals surface area contributed by atoms with E-state index in [4.69, 9.17) is 0 Å². The molecule has 1 aliphatic carbocycles. The van der Waals surface area contributed by atoms with Crippen molar-refractivity contribution in [3.63, 3.8) is 0 Å². The molecule has 4 nitrogen and oxygen atoms in total. The van der Waals surface area contributed by atoms with E-state index in [1.54, 1.807) is 6.08 Å². The summed E-state index contributed by atoms with van der Waals surface area (Å²) in [6.45, 7) is 9.78. The summed E-state index contributed by atoms with van der Waals surface area (Å²) >= 11 is 0. The van der Waals surface area contributed by atoms with Crippen molar-refractivity contribution < 1.29 is 9.59 Å². The number of nitrogens with zero attached hydrogens (tertiary/aromatic N) is 1. The largest absolute Gasteiger partial charge is 0.352 e. The first-order valence-corrected chi connectivity index (χ1v) is 11.8. The predicted octanol–water partition coefficient (Wildman–Crippen LogP) is 4.77. The SMILES string of the molecule is C=CCNC(=O)C1(Cc2cccc(-c3ccccc3C)c2)CCN(C(=O)[C@H]2C[C@H]2C)CC1. The van der Waals surface area contributed by atoms with Crippen molar-refractivity contribution >= 4 is 11.8 Å². The van der Waals surface area contributed by atoms with Crippen molar-refractivity contribution in [1.82, 2.24) is 10.2 Å². The smallest absolute Gasteiger partial charge is 0.226 e. The molecule has 0 unspecified atom stereocenters. The highest BCUT2D eigenvalue weighted by molar-refractivity contribution is 5.85. The van der Waals surface area contributed by atoms with Gasteiger partial charge in [-0.15, -0.1) is 6.58 Å². The summed E-state index contributed by atoms with van der Waals surface area (Å²) in [6, 6.07) is 16.9. The standard InChI is InChI=1S/C28H34N2O2/c1-4-14-29-27(32)28(12-15-30(16-13-28)26(31)25-17-21(25)3)19-22-9-7-10-23(18-22)24-11-6-5-8-20(24)2/h4-11,18,21,25H,1,12-17,19H2,2-3H3,(H,29,32)/t21-,25+/m1/s1. The molecule has 2 amide bonds. The molecule has 1 heterocycles. The van der Waals surface area contributed by atoms with Gasteiger partial charge in [0, 0.05) is 25.6 Å². The van der Waals surface area contributed by atoms with Crippen molar-refractivity contribution in [3.8, 4) is 11.1 Å². The Morgan fingerprint density at radius 3 is 2.53 bits per heavy atom. The molecule has 0 radical (unpaired) electrons. The first kappa shape index (κ1) is 22.3. The van der Waals surface area contributed by atoms with Crippen LogP contribution in [0.3, 0.4) is 0 Å². The Morgan fingerprint density at radius 2 is 1.88 bits per heavy atom. The molecule has 2 aliphatic rings. The molecule has 1 saturated carbocycles. The number of benzene rings is 2. The molecular formula is C28H34N2O2. The Labute approximate surface area is 191 Å². The second kappa shape index (κ2) is 9.32. The number of hydrogen-bond donors (Lipinski definition) is 1. The van der Waals surface area contributed by atoms with Crippen LogP contribution in [0, 0.1) is 24.2 Å². The number of rotatable bonds is 7. The minimum absolute atomic E-state index is 0.0746. The molecule has 4 heteroatoms. The summed E-state index contributed by atoms with van der Waals surface area (Å²) in [4.78, 5) is 28.0. The van der Waals surface area contributed by atoms with Crippen molar-refractivity contribution in [2.45, 2.75) is 39.5 Å². The minimum atomic E-state index is -0.501. The minimum Gasteiger partial charge on any atom is -0.352 e. The maximum Gasteiger partial charge on any atom is 0.226 e. The van der Waals surface area contributed by atoms with Crippen molar-refractivity contribution in [2.24, 2.45) is 17.3 Å². The zero-order valence-electron chi connectivity index (χ0n) is 19.3. The van der Waals surface area contributed by atoms with Gasteiger partial charge >= 0.3 is 0 Å². The molecule has 2 fully saturated rings. The molecule has 0 aromatic heterocycles. The maximum atomic E-state index is 13.3. The van der Waals surface area contributed by atoms with Gasteiger partial charge in [0.25, 0.3) is 0 Å². The van der Waals surface area contributed by atoms with E-state index in [-0.39, 0.29) is 17.7 Å². The lowest BCUT2D eigenvalue weighted by atomic mass is 9.72. The first-order chi connectivity index (χ1) is 15.4. The van der Waals surface area contributed by atoms with Gasteiger partial charge in [-0.3, -0.25) is 9.59 Å². The molecular weight excluding hydrogens is 396 g/mol. The van der Waals surface area contributed by atoms with Crippen molar-refractivity contribution in [3.05, 3.63) is 72.3 Å². The van der Waals surface area contributed by atoms with Gasteiger partial charge in [-0.2, -0.15) is 0 Å². The fourth-order valence-electron chi connectivity index (χ4n) is 5.03. The second-order valence-corrected chi connectivity index (χ2v) is 9.62. The van der Waals surface area contributed by atoms with Crippen LogP contribution >= 0.6 is 0 Å². The van der Waals surface area contributed by atoms with Gasteiger partial charge in [0.2, 0.25) is 11.8 Å². The quantitative estimate of drug-likeness (QED) is 0.643.